The van der Waals surface area contributed by atoms with Crippen molar-refractivity contribution in [1.82, 2.24) is 15.1 Å². The molecule has 21 heavy (non-hydrogen) atoms. The van der Waals surface area contributed by atoms with E-state index in [-0.39, 0.29) is 24.0 Å². The zero-order chi connectivity index (χ0) is 14.8. The number of likely N-dealkylation sites (tertiary alicyclic amines) is 1. The molecule has 1 N–H and O–H groups in total. The lowest BCUT2D eigenvalue weighted by molar-refractivity contribution is 0.272. The summed E-state index contributed by atoms with van der Waals surface area (Å²) < 4.78 is 0. The third-order valence-electron chi connectivity index (χ3n) is 3.96. The van der Waals surface area contributed by atoms with Crippen molar-refractivity contribution in [2.75, 3.05) is 39.8 Å². The van der Waals surface area contributed by atoms with Crippen molar-refractivity contribution >= 4 is 29.9 Å². The van der Waals surface area contributed by atoms with Gasteiger partial charge in [0, 0.05) is 26.2 Å². The fourth-order valence-electron chi connectivity index (χ4n) is 2.76. The zero-order valence-electron chi connectivity index (χ0n) is 14.0. The molecule has 0 aliphatic carbocycles. The van der Waals surface area contributed by atoms with Gasteiger partial charge in [-0.05, 0) is 45.7 Å². The molecular formula is C16H33IN4. The van der Waals surface area contributed by atoms with E-state index in [4.69, 9.17) is 4.99 Å². The number of hydrogen-bond acceptors (Lipinski definition) is 2. The predicted octanol–water partition coefficient (Wildman–Crippen LogP) is 2.95. The van der Waals surface area contributed by atoms with Crippen molar-refractivity contribution in [2.24, 2.45) is 4.99 Å². The summed E-state index contributed by atoms with van der Waals surface area (Å²) in [5.74, 6) is 1.04. The van der Waals surface area contributed by atoms with E-state index in [1.165, 1.54) is 19.4 Å². The van der Waals surface area contributed by atoms with Crippen LogP contribution < -0.4 is 5.32 Å². The minimum atomic E-state index is 0. The summed E-state index contributed by atoms with van der Waals surface area (Å²) in [4.78, 5) is 9.62. The molecule has 0 bridgehead atoms. The maximum absolute atomic E-state index is 4.84. The number of unbranched alkanes of at least 4 members (excludes halogenated alkanes) is 1. The van der Waals surface area contributed by atoms with Gasteiger partial charge in [0.05, 0.1) is 6.54 Å². The van der Waals surface area contributed by atoms with Gasteiger partial charge in [-0.1, -0.05) is 13.0 Å². The third-order valence-corrected chi connectivity index (χ3v) is 3.96. The van der Waals surface area contributed by atoms with Crippen LogP contribution in [0.1, 0.15) is 39.5 Å². The first-order valence-electron chi connectivity index (χ1n) is 8.07. The van der Waals surface area contributed by atoms with E-state index in [0.29, 0.717) is 6.04 Å². The number of likely N-dealkylation sites (N-methyl/N-ethyl adjacent to an activating group) is 1. The smallest absolute Gasteiger partial charge is 0.193 e. The van der Waals surface area contributed by atoms with Crippen molar-refractivity contribution in [2.45, 2.75) is 45.6 Å². The lowest BCUT2D eigenvalue weighted by Crippen LogP contribution is -2.40. The number of hydrogen-bond donors (Lipinski definition) is 1. The molecule has 1 unspecified atom stereocenters. The second kappa shape index (κ2) is 12.3. The minimum absolute atomic E-state index is 0. The van der Waals surface area contributed by atoms with E-state index in [1.54, 1.807) is 0 Å². The highest BCUT2D eigenvalue weighted by molar-refractivity contribution is 14.0. The van der Waals surface area contributed by atoms with Crippen LogP contribution >= 0.6 is 24.0 Å². The van der Waals surface area contributed by atoms with E-state index < -0.39 is 0 Å². The van der Waals surface area contributed by atoms with Gasteiger partial charge >= 0.3 is 0 Å². The van der Waals surface area contributed by atoms with Crippen LogP contribution in [-0.4, -0.2) is 61.6 Å². The van der Waals surface area contributed by atoms with Gasteiger partial charge in [-0.3, -0.25) is 9.89 Å². The summed E-state index contributed by atoms with van der Waals surface area (Å²) in [6.45, 7) is 13.4. The Kier molecular flexibility index (Phi) is 12.1. The molecule has 4 nitrogen and oxygen atoms in total. The number of guanidine groups is 1. The standard InChI is InChI=1S/C16H32N4.HI/c1-5-8-9-12-19(4)16(17-6-2)18-14-15-11-10-13-20(15)7-3;/h5,15H,1,6-14H2,2-4H3,(H,17,18);1H. The predicted molar refractivity (Wildman–Crippen MR) is 104 cm³/mol. The monoisotopic (exact) mass is 408 g/mol. The molecule has 1 fully saturated rings. The average Bonchev–Trinajstić information content (AvgIpc) is 2.91. The summed E-state index contributed by atoms with van der Waals surface area (Å²) in [6.07, 6.45) is 6.79. The SMILES string of the molecule is C=CCCCN(C)C(=NCC1CCCN1CC)NCC.I. The van der Waals surface area contributed by atoms with E-state index in [1.807, 2.05) is 6.08 Å². The van der Waals surface area contributed by atoms with E-state index >= 15 is 0 Å². The molecule has 124 valence electrons. The number of halogens is 1. The number of rotatable bonds is 8. The van der Waals surface area contributed by atoms with Crippen molar-refractivity contribution in [3.8, 4) is 0 Å². The van der Waals surface area contributed by atoms with Gasteiger partial charge < -0.3 is 10.2 Å². The van der Waals surface area contributed by atoms with Crippen LogP contribution in [-0.2, 0) is 0 Å². The lowest BCUT2D eigenvalue weighted by atomic mass is 10.2. The quantitative estimate of drug-likeness (QED) is 0.220. The highest BCUT2D eigenvalue weighted by Gasteiger charge is 2.22. The maximum atomic E-state index is 4.84. The van der Waals surface area contributed by atoms with Crippen LogP contribution in [0.4, 0.5) is 0 Å². The fraction of sp³-hybridized carbons (Fsp3) is 0.812. The van der Waals surface area contributed by atoms with Crippen LogP contribution in [0.2, 0.25) is 0 Å². The van der Waals surface area contributed by atoms with Gasteiger partial charge in [0.2, 0.25) is 0 Å². The van der Waals surface area contributed by atoms with Crippen LogP contribution in [0.15, 0.2) is 17.6 Å². The third kappa shape index (κ3) is 7.49. The first-order chi connectivity index (χ1) is 9.72. The lowest BCUT2D eigenvalue weighted by Gasteiger charge is -2.24. The molecule has 0 amide bonds. The van der Waals surface area contributed by atoms with Crippen LogP contribution in [0.25, 0.3) is 0 Å². The summed E-state index contributed by atoms with van der Waals surface area (Å²) >= 11 is 0. The van der Waals surface area contributed by atoms with Gasteiger partial charge in [0.25, 0.3) is 0 Å². The first kappa shape index (κ1) is 20.7. The normalized spacial score (nSPS) is 19.2. The summed E-state index contributed by atoms with van der Waals surface area (Å²) in [5.41, 5.74) is 0. The highest BCUT2D eigenvalue weighted by atomic mass is 127. The van der Waals surface area contributed by atoms with Crippen molar-refractivity contribution in [3.63, 3.8) is 0 Å². The van der Waals surface area contributed by atoms with Crippen molar-refractivity contribution in [1.29, 1.82) is 0 Å². The Morgan fingerprint density at radius 3 is 2.86 bits per heavy atom. The summed E-state index contributed by atoms with van der Waals surface area (Å²) in [7, 11) is 2.12. The Bertz CT molecular complexity index is 307. The molecule has 0 radical (unpaired) electrons. The molecule has 5 heteroatoms. The van der Waals surface area contributed by atoms with E-state index in [9.17, 15) is 0 Å². The molecule has 0 spiro atoms. The number of nitrogens with one attached hydrogen (secondary N) is 1. The molecule has 0 aromatic heterocycles. The largest absolute Gasteiger partial charge is 0.357 e. The first-order valence-corrected chi connectivity index (χ1v) is 8.07. The maximum Gasteiger partial charge on any atom is 0.193 e. The highest BCUT2D eigenvalue weighted by Crippen LogP contribution is 2.16. The number of nitrogens with zero attached hydrogens (tertiary/aromatic N) is 3. The van der Waals surface area contributed by atoms with Gasteiger partial charge in [-0.2, -0.15) is 0 Å². The van der Waals surface area contributed by atoms with Gasteiger partial charge in [-0.25, -0.2) is 0 Å². The Morgan fingerprint density at radius 2 is 2.24 bits per heavy atom. The molecular weight excluding hydrogens is 375 g/mol. The molecule has 0 aromatic rings. The van der Waals surface area contributed by atoms with Crippen molar-refractivity contribution < 1.29 is 0 Å². The Hall–Kier alpha value is -0.300. The van der Waals surface area contributed by atoms with Crippen LogP contribution in [0.5, 0.6) is 0 Å². The second-order valence-corrected chi connectivity index (χ2v) is 5.47. The minimum Gasteiger partial charge on any atom is -0.357 e. The van der Waals surface area contributed by atoms with Gasteiger partial charge in [0.1, 0.15) is 0 Å². The van der Waals surface area contributed by atoms with E-state index in [2.05, 4.69) is 42.6 Å². The summed E-state index contributed by atoms with van der Waals surface area (Å²) in [6, 6.07) is 0.634. The van der Waals surface area contributed by atoms with Crippen LogP contribution in [0.3, 0.4) is 0 Å². The fourth-order valence-corrected chi connectivity index (χ4v) is 2.76. The molecule has 1 heterocycles. The zero-order valence-corrected chi connectivity index (χ0v) is 16.3. The van der Waals surface area contributed by atoms with Gasteiger partial charge in [-0.15, -0.1) is 30.6 Å². The van der Waals surface area contributed by atoms with E-state index in [0.717, 1.165) is 45.0 Å². The molecule has 0 aromatic carbocycles. The average molecular weight is 408 g/mol. The Balaban J connectivity index is 0.00000400. The molecule has 1 aliphatic heterocycles. The molecule has 1 aliphatic rings. The second-order valence-electron chi connectivity index (χ2n) is 5.47. The van der Waals surface area contributed by atoms with Gasteiger partial charge in [0.15, 0.2) is 5.96 Å². The van der Waals surface area contributed by atoms with Crippen LogP contribution in [0, 0.1) is 0 Å². The molecule has 0 saturated carbocycles. The Labute approximate surface area is 148 Å². The number of allylic oxidation sites excluding steroid dienone is 1. The molecule has 1 atom stereocenters. The topological polar surface area (TPSA) is 30.9 Å². The number of aliphatic imine (C=N–C) groups is 1. The summed E-state index contributed by atoms with van der Waals surface area (Å²) in [5, 5.41) is 3.40. The molecule has 1 rings (SSSR count). The van der Waals surface area contributed by atoms with Crippen molar-refractivity contribution in [3.05, 3.63) is 12.7 Å². The molecule has 1 saturated heterocycles. The Morgan fingerprint density at radius 1 is 1.48 bits per heavy atom.